The molecule has 4 N–H and O–H groups in total. The monoisotopic (exact) mass is 238 g/mol. The van der Waals surface area contributed by atoms with Crippen molar-refractivity contribution in [1.29, 1.82) is 5.41 Å². The first kappa shape index (κ1) is 10.1. The van der Waals surface area contributed by atoms with Gasteiger partial charge in [0, 0.05) is 0 Å². The number of hydrogen-bond acceptors (Lipinski definition) is 2. The van der Waals surface area contributed by atoms with Crippen molar-refractivity contribution >= 4 is 5.84 Å². The maximum Gasteiger partial charge on any atom is 3.00 e. The second-order valence-corrected chi connectivity index (χ2v) is 1.93. The number of aromatic hydroxyl groups is 1. The first-order valence-corrected chi connectivity index (χ1v) is 2.84. The van der Waals surface area contributed by atoms with E-state index >= 15 is 0 Å². The number of rotatable bonds is 1. The van der Waals surface area contributed by atoms with Gasteiger partial charge in [0.25, 0.3) is 0 Å². The summed E-state index contributed by atoms with van der Waals surface area (Å²) in [4.78, 5) is 0. The first-order valence-electron chi connectivity index (χ1n) is 2.84. The topological polar surface area (TPSA) is 70.1 Å². The van der Waals surface area contributed by atoms with Gasteiger partial charge in [0.05, 0.1) is 5.56 Å². The van der Waals surface area contributed by atoms with E-state index in [0.717, 1.165) is 0 Å². The van der Waals surface area contributed by atoms with E-state index in [4.69, 9.17) is 16.2 Å². The van der Waals surface area contributed by atoms with Crippen LogP contribution in [0.4, 0.5) is 0 Å². The van der Waals surface area contributed by atoms with Gasteiger partial charge >= 0.3 is 19.5 Å². The average molecular weight is 237 g/mol. The molecular weight excluding hydrogens is 229 g/mol. The molecule has 57 valence electrons. The van der Waals surface area contributed by atoms with E-state index < -0.39 is 0 Å². The summed E-state index contributed by atoms with van der Waals surface area (Å²) in [7, 11) is 0. The second-order valence-electron chi connectivity index (χ2n) is 1.93. The molecular formula is C7H8N2ORu+3. The third-order valence-corrected chi connectivity index (χ3v) is 1.19. The van der Waals surface area contributed by atoms with Crippen LogP contribution in [0.2, 0.25) is 0 Å². The number of benzene rings is 1. The zero-order valence-corrected chi connectivity index (χ0v) is 7.43. The van der Waals surface area contributed by atoms with Crippen LogP contribution in [0.3, 0.4) is 0 Å². The van der Waals surface area contributed by atoms with Gasteiger partial charge in [-0.05, 0) is 12.1 Å². The molecule has 0 saturated carbocycles. The third kappa shape index (κ3) is 2.32. The van der Waals surface area contributed by atoms with E-state index in [1.165, 1.54) is 6.07 Å². The predicted molar refractivity (Wildman–Crippen MR) is 39.1 cm³/mol. The van der Waals surface area contributed by atoms with Gasteiger partial charge in [-0.25, -0.2) is 0 Å². The summed E-state index contributed by atoms with van der Waals surface area (Å²) in [6.45, 7) is 0. The minimum atomic E-state index is -0.113. The van der Waals surface area contributed by atoms with Crippen LogP contribution in [-0.4, -0.2) is 10.9 Å². The first-order chi connectivity index (χ1) is 4.72. The molecule has 1 rings (SSSR count). The van der Waals surface area contributed by atoms with Crippen LogP contribution in [0.15, 0.2) is 24.3 Å². The Balaban J connectivity index is 0.000001000. The van der Waals surface area contributed by atoms with Crippen LogP contribution >= 0.6 is 0 Å². The summed E-state index contributed by atoms with van der Waals surface area (Å²) in [6.07, 6.45) is 0. The molecule has 4 heteroatoms. The molecule has 0 aromatic heterocycles. The zero-order chi connectivity index (χ0) is 7.56. The van der Waals surface area contributed by atoms with Crippen LogP contribution in [-0.2, 0) is 19.5 Å². The maximum atomic E-state index is 9.06. The molecule has 0 fully saturated rings. The summed E-state index contributed by atoms with van der Waals surface area (Å²) in [6, 6.07) is 6.49. The van der Waals surface area contributed by atoms with Gasteiger partial charge in [-0.2, -0.15) is 0 Å². The molecule has 1 radical (unpaired) electrons. The van der Waals surface area contributed by atoms with Gasteiger partial charge in [0.1, 0.15) is 11.6 Å². The van der Waals surface area contributed by atoms with Gasteiger partial charge in [-0.3, -0.25) is 5.41 Å². The van der Waals surface area contributed by atoms with E-state index in [9.17, 15) is 0 Å². The molecule has 0 unspecified atom stereocenters. The number of nitrogens with two attached hydrogens (primary N) is 1. The summed E-state index contributed by atoms with van der Waals surface area (Å²) >= 11 is 0. The van der Waals surface area contributed by atoms with Crippen LogP contribution in [0.25, 0.3) is 0 Å². The van der Waals surface area contributed by atoms with Gasteiger partial charge in [-0.1, -0.05) is 12.1 Å². The SMILES string of the molecule is N=C(N)c1ccccc1O.[Ru+3]. The maximum absolute atomic E-state index is 9.06. The Morgan fingerprint density at radius 3 is 2.27 bits per heavy atom. The Morgan fingerprint density at radius 1 is 1.36 bits per heavy atom. The smallest absolute Gasteiger partial charge is 0.507 e. The predicted octanol–water partition coefficient (Wildman–Crippen LogP) is 0.674. The molecule has 1 aromatic carbocycles. The van der Waals surface area contributed by atoms with Crippen LogP contribution in [0, 0.1) is 5.41 Å². The molecule has 0 atom stereocenters. The molecule has 3 nitrogen and oxygen atoms in total. The van der Waals surface area contributed by atoms with Crippen molar-refractivity contribution in [2.75, 3.05) is 0 Å². The Morgan fingerprint density at radius 2 is 1.91 bits per heavy atom. The molecule has 0 spiro atoms. The fourth-order valence-corrected chi connectivity index (χ4v) is 0.701. The van der Waals surface area contributed by atoms with Crippen LogP contribution in [0.5, 0.6) is 5.75 Å². The quantitative estimate of drug-likeness (QED) is 0.382. The molecule has 0 saturated heterocycles. The number of para-hydroxylation sites is 1. The summed E-state index contributed by atoms with van der Waals surface area (Å²) in [5, 5.41) is 16.1. The molecule has 1 aromatic rings. The van der Waals surface area contributed by atoms with Crippen molar-refractivity contribution in [2.45, 2.75) is 0 Å². The minimum absolute atomic E-state index is 0. The molecule has 0 heterocycles. The Hall–Kier alpha value is -0.887. The summed E-state index contributed by atoms with van der Waals surface area (Å²) in [5.41, 5.74) is 5.52. The van der Waals surface area contributed by atoms with Crippen molar-refractivity contribution < 1.29 is 24.6 Å². The number of phenolic OH excluding ortho intramolecular Hbond substituents is 1. The minimum Gasteiger partial charge on any atom is -0.507 e. The second kappa shape index (κ2) is 4.09. The Kier molecular flexibility index (Phi) is 3.76. The van der Waals surface area contributed by atoms with E-state index in [0.29, 0.717) is 5.56 Å². The van der Waals surface area contributed by atoms with Crippen LogP contribution in [0.1, 0.15) is 5.56 Å². The fraction of sp³-hybridized carbons (Fsp3) is 0. The number of phenols is 1. The molecule has 0 aliphatic heterocycles. The van der Waals surface area contributed by atoms with Crippen molar-refractivity contribution in [3.05, 3.63) is 29.8 Å². The van der Waals surface area contributed by atoms with Crippen molar-refractivity contribution in [2.24, 2.45) is 5.73 Å². The van der Waals surface area contributed by atoms with Crippen molar-refractivity contribution in [1.82, 2.24) is 0 Å². The number of hydrogen-bond donors (Lipinski definition) is 3. The zero-order valence-electron chi connectivity index (χ0n) is 5.69. The number of nitrogens with one attached hydrogen (secondary N) is 1. The fourth-order valence-electron chi connectivity index (χ4n) is 0.701. The molecule has 0 amide bonds. The van der Waals surface area contributed by atoms with Gasteiger partial charge < -0.3 is 10.8 Å². The standard InChI is InChI=1S/C7H8N2O.Ru/c8-7(9)5-3-1-2-4-6(5)10;/h1-4,10H,(H3,8,9);/q;+3. The molecule has 0 bridgehead atoms. The van der Waals surface area contributed by atoms with Crippen molar-refractivity contribution in [3.63, 3.8) is 0 Å². The summed E-state index contributed by atoms with van der Waals surface area (Å²) in [5.74, 6) is -0.0619. The van der Waals surface area contributed by atoms with E-state index in [2.05, 4.69) is 0 Å². The molecule has 0 aliphatic rings. The summed E-state index contributed by atoms with van der Waals surface area (Å²) < 4.78 is 0. The van der Waals surface area contributed by atoms with Crippen molar-refractivity contribution in [3.8, 4) is 5.75 Å². The molecule has 0 aliphatic carbocycles. The van der Waals surface area contributed by atoms with E-state index in [1.807, 2.05) is 0 Å². The largest absolute Gasteiger partial charge is 3.00 e. The van der Waals surface area contributed by atoms with Crippen LogP contribution < -0.4 is 5.73 Å². The van der Waals surface area contributed by atoms with E-state index in [1.54, 1.807) is 18.2 Å². The number of nitrogen functional groups attached to an aromatic ring is 1. The molecule has 11 heavy (non-hydrogen) atoms. The van der Waals surface area contributed by atoms with E-state index in [-0.39, 0.29) is 31.1 Å². The van der Waals surface area contributed by atoms with Gasteiger partial charge in [-0.15, -0.1) is 0 Å². The third-order valence-electron chi connectivity index (χ3n) is 1.19. The number of amidine groups is 1. The van der Waals surface area contributed by atoms with Gasteiger partial charge in [0.15, 0.2) is 0 Å². The van der Waals surface area contributed by atoms with Gasteiger partial charge in [0.2, 0.25) is 0 Å². The Labute approximate surface area is 77.5 Å². The Bertz CT molecular complexity index is 262. The average Bonchev–Trinajstić information content (AvgIpc) is 1.88. The normalized spacial score (nSPS) is 8.36.